The number of ether oxygens (including phenoxy) is 4. The summed E-state index contributed by atoms with van der Waals surface area (Å²) < 4.78 is 22.1. The minimum Gasteiger partial charge on any atom is -0.494 e. The molecule has 1 aromatic carbocycles. The number of hydrogen-bond donors (Lipinski definition) is 1. The van der Waals surface area contributed by atoms with Crippen LogP contribution in [-0.4, -0.2) is 73.8 Å². The number of benzene rings is 1. The summed E-state index contributed by atoms with van der Waals surface area (Å²) in [5.41, 5.74) is 0.864. The van der Waals surface area contributed by atoms with E-state index in [4.69, 9.17) is 18.9 Å². The Hall–Kier alpha value is -2.32. The molecule has 0 aliphatic carbocycles. The number of amides is 1. The third-order valence-corrected chi connectivity index (χ3v) is 4.73. The van der Waals surface area contributed by atoms with Gasteiger partial charge in [-0.3, -0.25) is 0 Å². The average Bonchev–Trinajstić information content (AvgIpc) is 2.78. The van der Waals surface area contributed by atoms with Crippen LogP contribution in [0.15, 0.2) is 24.3 Å². The summed E-state index contributed by atoms with van der Waals surface area (Å²) in [6, 6.07) is 7.32. The molecule has 0 fully saturated rings. The molecule has 0 spiro atoms. The highest BCUT2D eigenvalue weighted by Gasteiger charge is 2.20. The van der Waals surface area contributed by atoms with Gasteiger partial charge in [0.15, 0.2) is 6.10 Å². The van der Waals surface area contributed by atoms with Crippen LogP contribution in [0.25, 0.3) is 0 Å². The lowest BCUT2D eigenvalue weighted by molar-refractivity contribution is -0.153. The first-order valence-corrected chi connectivity index (χ1v) is 12.0. The Morgan fingerprint density at radius 1 is 0.939 bits per heavy atom. The lowest BCUT2D eigenvalue weighted by Crippen LogP contribution is -2.36. The molecule has 1 atom stereocenters. The van der Waals surface area contributed by atoms with Crippen molar-refractivity contribution in [2.75, 3.05) is 39.5 Å². The van der Waals surface area contributed by atoms with Crippen molar-refractivity contribution >= 4 is 12.1 Å². The van der Waals surface area contributed by atoms with Crippen molar-refractivity contribution in [2.45, 2.75) is 72.0 Å². The Morgan fingerprint density at radius 2 is 1.67 bits per heavy atom. The van der Waals surface area contributed by atoms with Gasteiger partial charge in [0.1, 0.15) is 5.75 Å². The number of carbonyl (C=O) groups is 2. The molecule has 0 saturated carbocycles. The Morgan fingerprint density at radius 3 is 2.27 bits per heavy atom. The topological polar surface area (TPSA) is 94.5 Å². The molecule has 8 nitrogen and oxygen atoms in total. The summed E-state index contributed by atoms with van der Waals surface area (Å²) in [5.74, 6) is -0.278. The normalized spacial score (nSPS) is 11.9. The number of aliphatic carboxylic acids is 1. The Balaban J connectivity index is 2.46. The molecule has 0 bridgehead atoms. The zero-order chi connectivity index (χ0) is 24.5. The van der Waals surface area contributed by atoms with Gasteiger partial charge in [-0.05, 0) is 50.8 Å². The molecule has 188 valence electrons. The Kier molecular flexibility index (Phi) is 15.0. The molecule has 1 aromatic rings. The lowest BCUT2D eigenvalue weighted by Gasteiger charge is -2.22. The molecule has 0 saturated heterocycles. The Bertz CT molecular complexity index is 663. The highest BCUT2D eigenvalue weighted by molar-refractivity contribution is 5.72. The maximum atomic E-state index is 12.3. The number of rotatable bonds is 18. The second kappa shape index (κ2) is 17.2. The van der Waals surface area contributed by atoms with Gasteiger partial charge in [-0.2, -0.15) is 0 Å². The third kappa shape index (κ3) is 13.1. The molecule has 0 heterocycles. The number of carboxylic acids is 1. The van der Waals surface area contributed by atoms with Crippen LogP contribution in [0.4, 0.5) is 4.79 Å². The maximum absolute atomic E-state index is 12.3. The van der Waals surface area contributed by atoms with E-state index in [2.05, 4.69) is 6.92 Å². The number of carbonyl (C=O) groups excluding carboxylic acids is 1. The largest absolute Gasteiger partial charge is 0.494 e. The van der Waals surface area contributed by atoms with Crippen molar-refractivity contribution in [1.29, 1.82) is 0 Å². The second-order valence-electron chi connectivity index (χ2n) is 8.13. The van der Waals surface area contributed by atoms with Crippen molar-refractivity contribution in [3.63, 3.8) is 0 Å². The standard InChI is InChI=1S/C25H41NO7/c1-5-7-16-30-18-14-26(25(29)32-15-6-2)13-8-17-31-22-11-9-21(10-12-22)19-23(24(27)28)33-20(3)4/h9-12,20,23H,5-8,13-19H2,1-4H3,(H,27,28). The molecule has 33 heavy (non-hydrogen) atoms. The highest BCUT2D eigenvalue weighted by atomic mass is 16.6. The van der Waals surface area contributed by atoms with Crippen LogP contribution in [0.3, 0.4) is 0 Å². The summed E-state index contributed by atoms with van der Waals surface area (Å²) in [4.78, 5) is 25.3. The van der Waals surface area contributed by atoms with Crippen LogP contribution in [0.1, 0.15) is 58.9 Å². The monoisotopic (exact) mass is 467 g/mol. The molecule has 0 aliphatic heterocycles. The van der Waals surface area contributed by atoms with Crippen LogP contribution < -0.4 is 4.74 Å². The highest BCUT2D eigenvalue weighted by Crippen LogP contribution is 2.15. The second-order valence-corrected chi connectivity index (χ2v) is 8.13. The SMILES string of the molecule is CCCCOCCN(CCCOc1ccc(CC(OC(C)C)C(=O)O)cc1)C(=O)OCCC. The Labute approximate surface area is 198 Å². The van der Waals surface area contributed by atoms with E-state index in [0.717, 1.165) is 24.8 Å². The predicted molar refractivity (Wildman–Crippen MR) is 127 cm³/mol. The molecular weight excluding hydrogens is 426 g/mol. The van der Waals surface area contributed by atoms with Crippen LogP contribution in [0.2, 0.25) is 0 Å². The molecular formula is C25H41NO7. The van der Waals surface area contributed by atoms with E-state index in [1.54, 1.807) is 4.90 Å². The smallest absolute Gasteiger partial charge is 0.409 e. The van der Waals surface area contributed by atoms with Crippen molar-refractivity contribution in [1.82, 2.24) is 4.90 Å². The van der Waals surface area contributed by atoms with Crippen LogP contribution in [-0.2, 0) is 25.4 Å². The van der Waals surface area contributed by atoms with Gasteiger partial charge < -0.3 is 29.0 Å². The molecule has 0 aromatic heterocycles. The van der Waals surface area contributed by atoms with Gasteiger partial charge in [-0.1, -0.05) is 32.4 Å². The van der Waals surface area contributed by atoms with Crippen LogP contribution >= 0.6 is 0 Å². The fourth-order valence-electron chi connectivity index (χ4n) is 3.00. The quantitative estimate of drug-likeness (QED) is 0.317. The first-order chi connectivity index (χ1) is 15.9. The first-order valence-electron chi connectivity index (χ1n) is 12.0. The first kappa shape index (κ1) is 28.7. The fraction of sp³-hybridized carbons (Fsp3) is 0.680. The minimum atomic E-state index is -0.971. The van der Waals surface area contributed by atoms with E-state index in [9.17, 15) is 14.7 Å². The molecule has 1 rings (SSSR count). The van der Waals surface area contributed by atoms with E-state index in [1.165, 1.54) is 0 Å². The van der Waals surface area contributed by atoms with Gasteiger partial charge in [0.05, 0.1) is 25.9 Å². The van der Waals surface area contributed by atoms with Crippen molar-refractivity contribution in [2.24, 2.45) is 0 Å². The molecule has 1 unspecified atom stereocenters. The predicted octanol–water partition coefficient (Wildman–Crippen LogP) is 4.54. The van der Waals surface area contributed by atoms with E-state index in [-0.39, 0.29) is 12.2 Å². The van der Waals surface area contributed by atoms with Gasteiger partial charge in [-0.15, -0.1) is 0 Å². The number of nitrogens with zero attached hydrogens (tertiary/aromatic N) is 1. The van der Waals surface area contributed by atoms with Gasteiger partial charge in [-0.25, -0.2) is 9.59 Å². The third-order valence-electron chi connectivity index (χ3n) is 4.73. The van der Waals surface area contributed by atoms with Crippen molar-refractivity contribution < 1.29 is 33.6 Å². The molecule has 0 aliphatic rings. The summed E-state index contributed by atoms with van der Waals surface area (Å²) in [6.45, 7) is 10.7. The number of hydrogen-bond acceptors (Lipinski definition) is 6. The summed E-state index contributed by atoms with van der Waals surface area (Å²) >= 11 is 0. The van der Waals surface area contributed by atoms with Crippen LogP contribution in [0.5, 0.6) is 5.75 Å². The maximum Gasteiger partial charge on any atom is 0.409 e. The molecule has 0 radical (unpaired) electrons. The molecule has 1 N–H and O–H groups in total. The van der Waals surface area contributed by atoms with E-state index < -0.39 is 12.1 Å². The lowest BCUT2D eigenvalue weighted by atomic mass is 10.1. The molecule has 1 amide bonds. The van der Waals surface area contributed by atoms with Crippen molar-refractivity contribution in [3.8, 4) is 5.75 Å². The zero-order valence-corrected chi connectivity index (χ0v) is 20.6. The zero-order valence-electron chi connectivity index (χ0n) is 20.6. The number of unbranched alkanes of at least 4 members (excludes halogenated alkanes) is 1. The van der Waals surface area contributed by atoms with Crippen molar-refractivity contribution in [3.05, 3.63) is 29.8 Å². The van der Waals surface area contributed by atoms with E-state index in [0.29, 0.717) is 58.1 Å². The summed E-state index contributed by atoms with van der Waals surface area (Å²) in [7, 11) is 0. The fourth-order valence-corrected chi connectivity index (χ4v) is 3.00. The van der Waals surface area contributed by atoms with Gasteiger partial charge >= 0.3 is 12.1 Å². The van der Waals surface area contributed by atoms with Gasteiger partial charge in [0.25, 0.3) is 0 Å². The molecule has 8 heteroatoms. The van der Waals surface area contributed by atoms with Crippen LogP contribution in [0, 0.1) is 0 Å². The van der Waals surface area contributed by atoms with Gasteiger partial charge in [0, 0.05) is 26.1 Å². The minimum absolute atomic E-state index is 0.157. The summed E-state index contributed by atoms with van der Waals surface area (Å²) in [6.07, 6.45) is 2.46. The van der Waals surface area contributed by atoms with E-state index in [1.807, 2.05) is 45.0 Å². The number of carboxylic acid groups (broad SMARTS) is 1. The summed E-state index contributed by atoms with van der Waals surface area (Å²) in [5, 5.41) is 9.31. The average molecular weight is 468 g/mol. The van der Waals surface area contributed by atoms with Gasteiger partial charge in [0.2, 0.25) is 0 Å². The van der Waals surface area contributed by atoms with E-state index >= 15 is 0 Å².